The number of nitrogens with one attached hydrogen (secondary N) is 1. The van der Waals surface area contributed by atoms with Gasteiger partial charge in [-0.1, -0.05) is 17.8 Å². The Hall–Kier alpha value is -2.48. The van der Waals surface area contributed by atoms with Crippen LogP contribution in [0, 0.1) is 13.8 Å². The van der Waals surface area contributed by atoms with Gasteiger partial charge < -0.3 is 5.32 Å². The molecule has 0 aliphatic rings. The fraction of sp³-hybridized carbons (Fsp3) is 0.267. The number of thioether (sulfide) groups is 1. The lowest BCUT2D eigenvalue weighted by molar-refractivity contribution is -0.118. The molecule has 0 atom stereocenters. The summed E-state index contributed by atoms with van der Waals surface area (Å²) in [5.74, 6) is 0.867. The lowest BCUT2D eigenvalue weighted by Gasteiger charge is -2.05. The third-order valence-electron chi connectivity index (χ3n) is 3.12. The zero-order valence-corrected chi connectivity index (χ0v) is 13.7. The van der Waals surface area contributed by atoms with Crippen molar-refractivity contribution in [1.29, 1.82) is 0 Å². The Kier molecular flexibility index (Phi) is 4.52. The first-order valence-corrected chi connectivity index (χ1v) is 8.11. The first-order chi connectivity index (χ1) is 11.1. The normalized spacial score (nSPS) is 10.9. The zero-order chi connectivity index (χ0) is 16.2. The van der Waals surface area contributed by atoms with Crippen molar-refractivity contribution in [2.24, 2.45) is 0 Å². The Morgan fingerprint density at radius 3 is 2.78 bits per heavy atom. The van der Waals surface area contributed by atoms with Gasteiger partial charge in [-0.2, -0.15) is 0 Å². The average molecular weight is 328 g/mol. The van der Waals surface area contributed by atoms with E-state index in [-0.39, 0.29) is 11.7 Å². The van der Waals surface area contributed by atoms with E-state index in [2.05, 4.69) is 25.5 Å². The summed E-state index contributed by atoms with van der Waals surface area (Å²) in [4.78, 5) is 20.6. The van der Waals surface area contributed by atoms with E-state index in [4.69, 9.17) is 0 Å². The van der Waals surface area contributed by atoms with Crippen LogP contribution in [0.4, 0.5) is 0 Å². The number of hydrogen-bond donors (Lipinski definition) is 1. The van der Waals surface area contributed by atoms with Gasteiger partial charge in [0.15, 0.2) is 16.6 Å². The van der Waals surface area contributed by atoms with Crippen LogP contribution in [0.25, 0.3) is 5.65 Å². The second-order valence-corrected chi connectivity index (χ2v) is 5.99. The monoisotopic (exact) mass is 328 g/mol. The summed E-state index contributed by atoms with van der Waals surface area (Å²) >= 11 is 1.32. The maximum atomic E-state index is 12.0. The summed E-state index contributed by atoms with van der Waals surface area (Å²) in [7, 11) is 0. The molecule has 8 heteroatoms. The molecule has 7 nitrogen and oxygen atoms in total. The molecule has 0 saturated carbocycles. The van der Waals surface area contributed by atoms with Crippen molar-refractivity contribution < 1.29 is 4.79 Å². The molecule has 1 N–H and O–H groups in total. The van der Waals surface area contributed by atoms with E-state index in [1.54, 1.807) is 0 Å². The highest BCUT2D eigenvalue weighted by Gasteiger charge is 2.09. The molecular weight excluding hydrogens is 312 g/mol. The molecule has 23 heavy (non-hydrogen) atoms. The van der Waals surface area contributed by atoms with E-state index in [9.17, 15) is 4.79 Å². The fourth-order valence-electron chi connectivity index (χ4n) is 2.13. The van der Waals surface area contributed by atoms with Crippen molar-refractivity contribution in [3.05, 3.63) is 47.7 Å². The third-order valence-corrected chi connectivity index (χ3v) is 3.97. The molecule has 0 aromatic carbocycles. The smallest absolute Gasteiger partial charge is 0.230 e. The van der Waals surface area contributed by atoms with Crippen molar-refractivity contribution in [2.75, 3.05) is 5.75 Å². The van der Waals surface area contributed by atoms with Crippen LogP contribution < -0.4 is 5.32 Å². The largest absolute Gasteiger partial charge is 0.348 e. The van der Waals surface area contributed by atoms with Crippen LogP contribution >= 0.6 is 11.8 Å². The minimum atomic E-state index is -0.0922. The maximum Gasteiger partial charge on any atom is 0.230 e. The summed E-state index contributed by atoms with van der Waals surface area (Å²) in [5, 5.41) is 11.6. The predicted molar refractivity (Wildman–Crippen MR) is 87.1 cm³/mol. The van der Waals surface area contributed by atoms with Crippen molar-refractivity contribution in [2.45, 2.75) is 25.5 Å². The summed E-state index contributed by atoms with van der Waals surface area (Å²) in [5.41, 5.74) is 2.56. The van der Waals surface area contributed by atoms with Gasteiger partial charge in [0.2, 0.25) is 5.91 Å². The number of aromatic nitrogens is 5. The van der Waals surface area contributed by atoms with Crippen molar-refractivity contribution in [3.63, 3.8) is 0 Å². The quantitative estimate of drug-likeness (QED) is 0.565. The number of nitrogens with zero attached hydrogens (tertiary/aromatic N) is 5. The van der Waals surface area contributed by atoms with Gasteiger partial charge in [-0.25, -0.2) is 9.97 Å². The maximum absolute atomic E-state index is 12.0. The van der Waals surface area contributed by atoms with E-state index in [1.807, 2.05) is 48.7 Å². The predicted octanol–water partition coefficient (Wildman–Crippen LogP) is 1.54. The van der Waals surface area contributed by atoms with Crippen LogP contribution in [0.1, 0.15) is 17.2 Å². The van der Waals surface area contributed by atoms with E-state index >= 15 is 0 Å². The van der Waals surface area contributed by atoms with Crippen molar-refractivity contribution in [3.8, 4) is 0 Å². The summed E-state index contributed by atoms with van der Waals surface area (Å²) in [6.45, 7) is 4.16. The second-order valence-electron chi connectivity index (χ2n) is 5.04. The van der Waals surface area contributed by atoms with Gasteiger partial charge in [-0.15, -0.1) is 10.2 Å². The standard InChI is InChI=1S/C15H16N6OS/c1-10-7-11(2)18-15(17-10)23-9-14(22)16-8-13-20-19-12-5-3-4-6-21(12)13/h3-7H,8-9H2,1-2H3,(H,16,22). The van der Waals surface area contributed by atoms with Crippen LogP contribution in [0.2, 0.25) is 0 Å². The number of pyridine rings is 1. The molecule has 0 aliphatic carbocycles. The van der Waals surface area contributed by atoms with E-state index in [0.717, 1.165) is 17.0 Å². The van der Waals surface area contributed by atoms with Gasteiger partial charge in [-0.05, 0) is 32.0 Å². The molecule has 3 heterocycles. The molecule has 0 fully saturated rings. The number of aryl methyl sites for hydroxylation is 2. The highest BCUT2D eigenvalue weighted by atomic mass is 32.2. The Labute approximate surface area is 137 Å². The summed E-state index contributed by atoms with van der Waals surface area (Å²) in [6, 6.07) is 7.56. The van der Waals surface area contributed by atoms with E-state index in [0.29, 0.717) is 17.5 Å². The molecule has 3 aromatic rings. The molecule has 0 bridgehead atoms. The number of carbonyl (C=O) groups is 1. The van der Waals surface area contributed by atoms with Gasteiger partial charge in [0.05, 0.1) is 12.3 Å². The molecule has 0 radical (unpaired) electrons. The molecule has 3 rings (SSSR count). The van der Waals surface area contributed by atoms with Crippen LogP contribution in [0.3, 0.4) is 0 Å². The molecule has 0 spiro atoms. The first kappa shape index (κ1) is 15.4. The molecule has 0 unspecified atom stereocenters. The minimum absolute atomic E-state index is 0.0922. The Bertz CT molecular complexity index is 827. The summed E-state index contributed by atoms with van der Waals surface area (Å²) in [6.07, 6.45) is 1.87. The molecule has 0 saturated heterocycles. The molecule has 0 aliphatic heterocycles. The minimum Gasteiger partial charge on any atom is -0.348 e. The highest BCUT2D eigenvalue weighted by molar-refractivity contribution is 7.99. The second kappa shape index (κ2) is 6.74. The van der Waals surface area contributed by atoms with Gasteiger partial charge in [0.1, 0.15) is 0 Å². The lowest BCUT2D eigenvalue weighted by atomic mass is 10.4. The van der Waals surface area contributed by atoms with Gasteiger partial charge in [0.25, 0.3) is 0 Å². The van der Waals surface area contributed by atoms with E-state index in [1.165, 1.54) is 11.8 Å². The number of carbonyl (C=O) groups excluding carboxylic acids is 1. The Morgan fingerprint density at radius 2 is 2.00 bits per heavy atom. The molecule has 1 amide bonds. The van der Waals surface area contributed by atoms with Crippen LogP contribution in [0.15, 0.2) is 35.6 Å². The van der Waals surface area contributed by atoms with Crippen molar-refractivity contribution in [1.82, 2.24) is 29.9 Å². The van der Waals surface area contributed by atoms with Crippen LogP contribution in [0.5, 0.6) is 0 Å². The van der Waals surface area contributed by atoms with Gasteiger partial charge in [-0.3, -0.25) is 9.20 Å². The average Bonchev–Trinajstić information content (AvgIpc) is 2.93. The Balaban J connectivity index is 1.55. The SMILES string of the molecule is Cc1cc(C)nc(SCC(=O)NCc2nnc3ccccn23)n1. The topological polar surface area (TPSA) is 85.1 Å². The number of fused-ring (bicyclic) bond motifs is 1. The van der Waals surface area contributed by atoms with Gasteiger partial charge >= 0.3 is 0 Å². The van der Waals surface area contributed by atoms with Gasteiger partial charge in [0, 0.05) is 17.6 Å². The zero-order valence-electron chi connectivity index (χ0n) is 12.9. The number of amides is 1. The first-order valence-electron chi connectivity index (χ1n) is 7.12. The van der Waals surface area contributed by atoms with Crippen LogP contribution in [-0.4, -0.2) is 36.2 Å². The lowest BCUT2D eigenvalue weighted by Crippen LogP contribution is -2.25. The highest BCUT2D eigenvalue weighted by Crippen LogP contribution is 2.13. The third kappa shape index (κ3) is 3.84. The van der Waals surface area contributed by atoms with E-state index < -0.39 is 0 Å². The molecular formula is C15H16N6OS. The Morgan fingerprint density at radius 1 is 1.22 bits per heavy atom. The summed E-state index contributed by atoms with van der Waals surface area (Å²) < 4.78 is 1.85. The van der Waals surface area contributed by atoms with Crippen molar-refractivity contribution >= 4 is 23.3 Å². The number of hydrogen-bond acceptors (Lipinski definition) is 6. The fourth-order valence-corrected chi connectivity index (χ4v) is 2.91. The van der Waals surface area contributed by atoms with Crippen LogP contribution in [-0.2, 0) is 11.3 Å². The molecule has 3 aromatic heterocycles. The molecule has 118 valence electrons. The number of rotatable bonds is 5.